The number of carbonyl (C=O) groups excluding carboxylic acids is 1. The average molecular weight is 287 g/mol. The predicted octanol–water partition coefficient (Wildman–Crippen LogP) is 3.74. The lowest BCUT2D eigenvalue weighted by atomic mass is 10.1. The van der Waals surface area contributed by atoms with Gasteiger partial charge >= 0.3 is 6.18 Å². The van der Waals surface area contributed by atoms with E-state index in [1.165, 1.54) is 19.1 Å². The molecule has 0 radical (unpaired) electrons. The van der Waals surface area contributed by atoms with E-state index in [1.54, 1.807) is 0 Å². The van der Waals surface area contributed by atoms with Crippen molar-refractivity contribution in [1.29, 1.82) is 0 Å². The second-order valence-corrected chi connectivity index (χ2v) is 4.80. The van der Waals surface area contributed by atoms with Crippen molar-refractivity contribution in [1.82, 2.24) is 4.98 Å². The molecule has 0 aliphatic rings. The van der Waals surface area contributed by atoms with Crippen molar-refractivity contribution < 1.29 is 23.1 Å². The summed E-state index contributed by atoms with van der Waals surface area (Å²) in [6.07, 6.45) is -4.39. The van der Waals surface area contributed by atoms with E-state index < -0.39 is 17.6 Å². The van der Waals surface area contributed by atoms with Crippen LogP contribution in [0.3, 0.4) is 0 Å². The Labute approximate surface area is 110 Å². The highest BCUT2D eigenvalue weighted by Gasteiger charge is 2.30. The number of alkyl halides is 3. The number of rotatable bonds is 2. The molecule has 7 heteroatoms. The van der Waals surface area contributed by atoms with Gasteiger partial charge in [-0.25, -0.2) is 4.98 Å². The summed E-state index contributed by atoms with van der Waals surface area (Å²) < 4.78 is 37.2. The van der Waals surface area contributed by atoms with Crippen molar-refractivity contribution in [3.8, 4) is 16.5 Å². The Morgan fingerprint density at radius 2 is 1.84 bits per heavy atom. The quantitative estimate of drug-likeness (QED) is 0.856. The number of carbonyl (C=O) groups is 1. The van der Waals surface area contributed by atoms with Crippen LogP contribution in [0.1, 0.15) is 22.2 Å². The molecule has 1 aromatic carbocycles. The predicted molar refractivity (Wildman–Crippen MR) is 64.2 cm³/mol. The lowest BCUT2D eigenvalue weighted by Gasteiger charge is -2.06. The highest BCUT2D eigenvalue weighted by atomic mass is 32.1. The molecular formula is C12H8F3NO2S. The fraction of sp³-hybridized carbons (Fsp3) is 0.167. The molecule has 2 aromatic rings. The number of Topliss-reactive ketones (excluding diaryl/α,β-unsaturated/α-hetero) is 1. The molecular weight excluding hydrogens is 279 g/mol. The SMILES string of the molecule is CC(=O)c1sc(-c2ccc(C(F)(F)F)cc2)nc1O. The third-order valence-electron chi connectivity index (χ3n) is 2.39. The lowest BCUT2D eigenvalue weighted by Crippen LogP contribution is -2.03. The van der Waals surface area contributed by atoms with Crippen LogP contribution in [0.25, 0.3) is 10.6 Å². The second-order valence-electron chi connectivity index (χ2n) is 3.80. The molecule has 1 N–H and O–H groups in total. The van der Waals surface area contributed by atoms with Crippen molar-refractivity contribution in [2.45, 2.75) is 13.1 Å². The minimum atomic E-state index is -4.39. The van der Waals surface area contributed by atoms with Gasteiger partial charge in [0.05, 0.1) is 5.56 Å². The van der Waals surface area contributed by atoms with E-state index in [4.69, 9.17) is 0 Å². The number of nitrogens with zero attached hydrogens (tertiary/aromatic N) is 1. The van der Waals surface area contributed by atoms with Gasteiger partial charge in [0.2, 0.25) is 5.88 Å². The molecule has 100 valence electrons. The topological polar surface area (TPSA) is 50.2 Å². The van der Waals surface area contributed by atoms with E-state index >= 15 is 0 Å². The fourth-order valence-electron chi connectivity index (χ4n) is 1.47. The smallest absolute Gasteiger partial charge is 0.416 e. The van der Waals surface area contributed by atoms with Gasteiger partial charge in [0, 0.05) is 12.5 Å². The van der Waals surface area contributed by atoms with E-state index in [0.717, 1.165) is 23.5 Å². The number of benzene rings is 1. The van der Waals surface area contributed by atoms with Crippen LogP contribution in [0.4, 0.5) is 13.2 Å². The molecule has 0 fully saturated rings. The van der Waals surface area contributed by atoms with E-state index in [9.17, 15) is 23.1 Å². The van der Waals surface area contributed by atoms with Gasteiger partial charge in [-0.3, -0.25) is 4.79 Å². The summed E-state index contributed by atoms with van der Waals surface area (Å²) in [5, 5.41) is 9.75. The van der Waals surface area contributed by atoms with Crippen LogP contribution in [0.15, 0.2) is 24.3 Å². The molecule has 0 amide bonds. The first-order valence-electron chi connectivity index (χ1n) is 5.17. The number of hydrogen-bond donors (Lipinski definition) is 1. The van der Waals surface area contributed by atoms with Crippen LogP contribution in [0.2, 0.25) is 0 Å². The van der Waals surface area contributed by atoms with Gasteiger partial charge < -0.3 is 5.11 Å². The summed E-state index contributed by atoms with van der Waals surface area (Å²) in [6.45, 7) is 1.28. The van der Waals surface area contributed by atoms with E-state index in [-0.39, 0.29) is 10.7 Å². The zero-order valence-corrected chi connectivity index (χ0v) is 10.5. The molecule has 2 rings (SSSR count). The normalized spacial score (nSPS) is 11.6. The van der Waals surface area contributed by atoms with Crippen LogP contribution < -0.4 is 0 Å². The number of aromatic hydroxyl groups is 1. The summed E-state index contributed by atoms with van der Waals surface area (Å²) in [6, 6.07) is 4.37. The monoisotopic (exact) mass is 287 g/mol. The minimum absolute atomic E-state index is 0.0925. The third-order valence-corrected chi connectivity index (χ3v) is 3.58. The molecule has 0 bridgehead atoms. The number of thiazole rings is 1. The number of halogens is 3. The molecule has 0 aliphatic heterocycles. The highest BCUT2D eigenvalue weighted by Crippen LogP contribution is 2.34. The zero-order chi connectivity index (χ0) is 14.2. The summed E-state index contributed by atoms with van der Waals surface area (Å²) >= 11 is 0.942. The molecule has 0 spiro atoms. The summed E-state index contributed by atoms with van der Waals surface area (Å²) in [5.74, 6) is -0.736. The van der Waals surface area contributed by atoms with Crippen LogP contribution >= 0.6 is 11.3 Å². The Hall–Kier alpha value is -1.89. The van der Waals surface area contributed by atoms with Gasteiger partial charge in [0.25, 0.3) is 0 Å². The van der Waals surface area contributed by atoms with Gasteiger partial charge in [-0.05, 0) is 12.1 Å². The first kappa shape index (κ1) is 13.5. The molecule has 0 saturated carbocycles. The first-order chi connectivity index (χ1) is 8.79. The maximum absolute atomic E-state index is 12.4. The average Bonchev–Trinajstić information content (AvgIpc) is 2.70. The summed E-state index contributed by atoms with van der Waals surface area (Å²) in [7, 11) is 0. The van der Waals surface area contributed by atoms with Crippen molar-refractivity contribution >= 4 is 17.1 Å². The molecule has 0 atom stereocenters. The van der Waals surface area contributed by atoms with E-state index in [0.29, 0.717) is 10.6 Å². The van der Waals surface area contributed by atoms with Crippen molar-refractivity contribution in [2.75, 3.05) is 0 Å². The Morgan fingerprint density at radius 1 is 1.26 bits per heavy atom. The molecule has 0 saturated heterocycles. The Balaban J connectivity index is 2.38. The molecule has 0 unspecified atom stereocenters. The van der Waals surface area contributed by atoms with Crippen LogP contribution in [-0.2, 0) is 6.18 Å². The van der Waals surface area contributed by atoms with Gasteiger partial charge in [0.1, 0.15) is 9.88 Å². The molecule has 3 nitrogen and oxygen atoms in total. The van der Waals surface area contributed by atoms with Crippen LogP contribution in [0, 0.1) is 0 Å². The summed E-state index contributed by atoms with van der Waals surface area (Å²) in [4.78, 5) is 15.0. The molecule has 1 heterocycles. The molecule has 1 aromatic heterocycles. The first-order valence-corrected chi connectivity index (χ1v) is 5.99. The minimum Gasteiger partial charge on any atom is -0.492 e. The van der Waals surface area contributed by atoms with Crippen molar-refractivity contribution in [3.05, 3.63) is 34.7 Å². The van der Waals surface area contributed by atoms with E-state index in [1.807, 2.05) is 0 Å². The maximum Gasteiger partial charge on any atom is 0.416 e. The largest absolute Gasteiger partial charge is 0.492 e. The zero-order valence-electron chi connectivity index (χ0n) is 9.65. The Kier molecular flexibility index (Phi) is 3.32. The fourth-order valence-corrected chi connectivity index (χ4v) is 2.33. The maximum atomic E-state index is 12.4. The molecule has 0 aliphatic carbocycles. The second kappa shape index (κ2) is 4.65. The standard InChI is InChI=1S/C12H8F3NO2S/c1-6(17)9-10(18)16-11(19-9)7-2-4-8(5-3-7)12(13,14)15/h2-5,18H,1H3. The third kappa shape index (κ3) is 2.76. The van der Waals surface area contributed by atoms with Gasteiger partial charge in [-0.15, -0.1) is 11.3 Å². The van der Waals surface area contributed by atoms with Crippen LogP contribution in [-0.4, -0.2) is 15.9 Å². The number of ketones is 1. The highest BCUT2D eigenvalue weighted by molar-refractivity contribution is 7.17. The van der Waals surface area contributed by atoms with Gasteiger partial charge in [-0.1, -0.05) is 12.1 Å². The van der Waals surface area contributed by atoms with Crippen LogP contribution in [0.5, 0.6) is 5.88 Å². The summed E-state index contributed by atoms with van der Waals surface area (Å²) in [5.41, 5.74) is -0.343. The Morgan fingerprint density at radius 3 is 2.26 bits per heavy atom. The van der Waals surface area contributed by atoms with Gasteiger partial charge in [-0.2, -0.15) is 13.2 Å². The number of aromatic nitrogens is 1. The molecule has 19 heavy (non-hydrogen) atoms. The van der Waals surface area contributed by atoms with Crippen molar-refractivity contribution in [3.63, 3.8) is 0 Å². The Bertz CT molecular complexity index is 617. The number of hydrogen-bond acceptors (Lipinski definition) is 4. The van der Waals surface area contributed by atoms with E-state index in [2.05, 4.69) is 4.98 Å². The lowest BCUT2D eigenvalue weighted by molar-refractivity contribution is -0.137. The van der Waals surface area contributed by atoms with Gasteiger partial charge in [0.15, 0.2) is 5.78 Å². The van der Waals surface area contributed by atoms with Crippen molar-refractivity contribution in [2.24, 2.45) is 0 Å².